The number of nitrogens with zero attached hydrogens (tertiary/aromatic N) is 1. The van der Waals surface area contributed by atoms with Crippen LogP contribution in [0, 0.1) is 12.8 Å². The first kappa shape index (κ1) is 13.9. The Morgan fingerprint density at radius 1 is 1.56 bits per heavy atom. The van der Waals surface area contributed by atoms with Crippen LogP contribution in [0.2, 0.25) is 0 Å². The van der Waals surface area contributed by atoms with Crippen molar-refractivity contribution in [3.8, 4) is 0 Å². The number of aryl methyl sites for hydroxylation is 1. The van der Waals surface area contributed by atoms with Gasteiger partial charge in [-0.3, -0.25) is 4.79 Å². The average molecular weight is 284 g/mol. The number of rotatable bonds is 4. The van der Waals surface area contributed by atoms with E-state index in [0.29, 0.717) is 17.7 Å². The van der Waals surface area contributed by atoms with Crippen molar-refractivity contribution in [3.05, 3.63) is 11.1 Å². The monoisotopic (exact) mass is 284 g/mol. The smallest absolute Gasteiger partial charge is 0.230 e. The lowest BCUT2D eigenvalue weighted by molar-refractivity contribution is -0.119. The van der Waals surface area contributed by atoms with Crippen LogP contribution in [0.1, 0.15) is 38.3 Å². The molecule has 1 heterocycles. The molecule has 1 aliphatic carbocycles. The Labute approximate surface area is 117 Å². The van der Waals surface area contributed by atoms with Gasteiger partial charge in [0.15, 0.2) is 4.34 Å². The molecule has 1 fully saturated rings. The van der Waals surface area contributed by atoms with Gasteiger partial charge in [0, 0.05) is 17.1 Å². The zero-order chi connectivity index (χ0) is 13.0. The first-order valence-corrected chi connectivity index (χ1v) is 8.36. The number of carbonyl (C=O) groups is 1. The highest BCUT2D eigenvalue weighted by atomic mass is 32.2. The van der Waals surface area contributed by atoms with Crippen LogP contribution in [0.25, 0.3) is 0 Å². The van der Waals surface area contributed by atoms with Gasteiger partial charge in [0.05, 0.1) is 5.75 Å². The number of carbonyl (C=O) groups excluding carboxylic acids is 1. The molecule has 0 saturated heterocycles. The van der Waals surface area contributed by atoms with Gasteiger partial charge >= 0.3 is 0 Å². The molecule has 0 aliphatic heterocycles. The van der Waals surface area contributed by atoms with Crippen LogP contribution in [-0.2, 0) is 4.79 Å². The molecule has 0 radical (unpaired) electrons. The van der Waals surface area contributed by atoms with Crippen LogP contribution in [0.15, 0.2) is 9.72 Å². The minimum Gasteiger partial charge on any atom is -0.352 e. The fraction of sp³-hybridized carbons (Fsp3) is 0.692. The molecule has 0 spiro atoms. The van der Waals surface area contributed by atoms with Gasteiger partial charge in [0.2, 0.25) is 5.91 Å². The summed E-state index contributed by atoms with van der Waals surface area (Å²) < 4.78 is 0.986. The van der Waals surface area contributed by atoms with Crippen LogP contribution < -0.4 is 5.32 Å². The second-order valence-corrected chi connectivity index (χ2v) is 7.06. The fourth-order valence-electron chi connectivity index (χ4n) is 2.31. The van der Waals surface area contributed by atoms with E-state index in [4.69, 9.17) is 0 Å². The summed E-state index contributed by atoms with van der Waals surface area (Å²) in [6.07, 6.45) is 4.92. The SMILES string of the molecule is Cc1csc(SCC(=O)NC2CCCCC2C)n1. The van der Waals surface area contributed by atoms with Crippen molar-refractivity contribution >= 4 is 29.0 Å². The third-order valence-electron chi connectivity index (χ3n) is 3.38. The summed E-state index contributed by atoms with van der Waals surface area (Å²) >= 11 is 3.14. The van der Waals surface area contributed by atoms with E-state index in [-0.39, 0.29) is 5.91 Å². The first-order valence-electron chi connectivity index (χ1n) is 6.49. The molecule has 100 valence electrons. The number of thioether (sulfide) groups is 1. The predicted molar refractivity (Wildman–Crippen MR) is 77.1 cm³/mol. The van der Waals surface area contributed by atoms with E-state index in [2.05, 4.69) is 17.2 Å². The van der Waals surface area contributed by atoms with E-state index >= 15 is 0 Å². The molecule has 5 heteroatoms. The number of hydrogen-bond acceptors (Lipinski definition) is 4. The second kappa shape index (κ2) is 6.57. The first-order chi connectivity index (χ1) is 8.65. The Morgan fingerprint density at radius 3 is 3.00 bits per heavy atom. The Bertz CT molecular complexity index is 405. The molecule has 2 atom stereocenters. The zero-order valence-electron chi connectivity index (χ0n) is 10.9. The Balaban J connectivity index is 1.74. The summed E-state index contributed by atoms with van der Waals surface area (Å²) in [4.78, 5) is 16.2. The van der Waals surface area contributed by atoms with Crippen molar-refractivity contribution in [3.63, 3.8) is 0 Å². The zero-order valence-corrected chi connectivity index (χ0v) is 12.6. The molecule has 1 aromatic rings. The topological polar surface area (TPSA) is 42.0 Å². The number of amides is 1. The molecule has 3 nitrogen and oxygen atoms in total. The summed E-state index contributed by atoms with van der Waals surface area (Å²) in [5.41, 5.74) is 1.03. The molecule has 18 heavy (non-hydrogen) atoms. The third-order valence-corrected chi connectivity index (χ3v) is 5.52. The molecule has 1 aromatic heterocycles. The van der Waals surface area contributed by atoms with Crippen LogP contribution in [0.4, 0.5) is 0 Å². The van der Waals surface area contributed by atoms with Gasteiger partial charge < -0.3 is 5.32 Å². The highest BCUT2D eigenvalue weighted by Crippen LogP contribution is 2.25. The van der Waals surface area contributed by atoms with E-state index in [1.807, 2.05) is 12.3 Å². The van der Waals surface area contributed by atoms with Gasteiger partial charge in [0.1, 0.15) is 0 Å². The Kier molecular flexibility index (Phi) is 5.06. The van der Waals surface area contributed by atoms with Crippen molar-refractivity contribution in [2.75, 3.05) is 5.75 Å². The van der Waals surface area contributed by atoms with Crippen LogP contribution in [-0.4, -0.2) is 22.7 Å². The molecule has 2 rings (SSSR count). The molecule has 2 unspecified atom stereocenters. The lowest BCUT2D eigenvalue weighted by Crippen LogP contribution is -2.41. The van der Waals surface area contributed by atoms with Gasteiger partial charge in [-0.25, -0.2) is 4.98 Å². The van der Waals surface area contributed by atoms with Crippen molar-refractivity contribution in [1.82, 2.24) is 10.3 Å². The maximum absolute atomic E-state index is 11.9. The van der Waals surface area contributed by atoms with E-state index in [1.54, 1.807) is 11.3 Å². The van der Waals surface area contributed by atoms with E-state index in [9.17, 15) is 4.79 Å². The molecule has 0 aromatic carbocycles. The van der Waals surface area contributed by atoms with E-state index in [0.717, 1.165) is 16.5 Å². The van der Waals surface area contributed by atoms with Crippen LogP contribution in [0.3, 0.4) is 0 Å². The van der Waals surface area contributed by atoms with Crippen molar-refractivity contribution in [2.24, 2.45) is 5.92 Å². The molecule has 1 saturated carbocycles. The van der Waals surface area contributed by atoms with Gasteiger partial charge in [-0.2, -0.15) is 0 Å². The minimum absolute atomic E-state index is 0.145. The van der Waals surface area contributed by atoms with E-state index in [1.165, 1.54) is 31.0 Å². The normalized spacial score (nSPS) is 23.9. The quantitative estimate of drug-likeness (QED) is 0.863. The predicted octanol–water partition coefficient (Wildman–Crippen LogP) is 3.24. The summed E-state index contributed by atoms with van der Waals surface area (Å²) in [6, 6.07) is 0.380. The van der Waals surface area contributed by atoms with Gasteiger partial charge in [-0.1, -0.05) is 31.5 Å². The van der Waals surface area contributed by atoms with Gasteiger partial charge in [-0.05, 0) is 25.7 Å². The number of hydrogen-bond donors (Lipinski definition) is 1. The molecule has 0 bridgehead atoms. The van der Waals surface area contributed by atoms with Crippen LogP contribution in [0.5, 0.6) is 0 Å². The van der Waals surface area contributed by atoms with E-state index < -0.39 is 0 Å². The lowest BCUT2D eigenvalue weighted by atomic mass is 9.86. The second-order valence-electron chi connectivity index (χ2n) is 4.98. The maximum Gasteiger partial charge on any atom is 0.230 e. The van der Waals surface area contributed by atoms with Crippen molar-refractivity contribution < 1.29 is 4.79 Å². The highest BCUT2D eigenvalue weighted by molar-refractivity contribution is 8.01. The standard InChI is InChI=1S/C13H20N2OS2/c1-9-5-3-4-6-11(9)15-12(16)8-18-13-14-10(2)7-17-13/h7,9,11H,3-6,8H2,1-2H3,(H,15,16). The maximum atomic E-state index is 11.9. The number of aromatic nitrogens is 1. The summed E-state index contributed by atoms with van der Waals surface area (Å²) in [6.45, 7) is 4.21. The third kappa shape index (κ3) is 3.99. The number of thiazole rings is 1. The summed E-state index contributed by atoms with van der Waals surface area (Å²) in [5, 5.41) is 5.18. The van der Waals surface area contributed by atoms with Gasteiger partial charge in [0.25, 0.3) is 0 Å². The molecule has 1 N–H and O–H groups in total. The molecular weight excluding hydrogens is 264 g/mol. The summed E-state index contributed by atoms with van der Waals surface area (Å²) in [7, 11) is 0. The summed E-state index contributed by atoms with van der Waals surface area (Å²) in [5.74, 6) is 1.25. The Morgan fingerprint density at radius 2 is 2.33 bits per heavy atom. The van der Waals surface area contributed by atoms with Crippen molar-refractivity contribution in [2.45, 2.75) is 49.9 Å². The fourth-order valence-corrected chi connectivity index (χ4v) is 3.97. The molecule has 1 aliphatic rings. The lowest BCUT2D eigenvalue weighted by Gasteiger charge is -2.29. The van der Waals surface area contributed by atoms with Gasteiger partial charge in [-0.15, -0.1) is 11.3 Å². The van der Waals surface area contributed by atoms with Crippen LogP contribution >= 0.6 is 23.1 Å². The highest BCUT2D eigenvalue weighted by Gasteiger charge is 2.22. The molecule has 1 amide bonds. The number of nitrogens with one attached hydrogen (secondary N) is 1. The largest absolute Gasteiger partial charge is 0.352 e. The Hall–Kier alpha value is -0.550. The minimum atomic E-state index is 0.145. The average Bonchev–Trinajstić information content (AvgIpc) is 2.76. The van der Waals surface area contributed by atoms with Crippen molar-refractivity contribution in [1.29, 1.82) is 0 Å². The molecular formula is C13H20N2OS2.